The van der Waals surface area contributed by atoms with Crippen LogP contribution in [0.3, 0.4) is 0 Å². The Balaban J connectivity index is 1.47. The van der Waals surface area contributed by atoms with Gasteiger partial charge in [0.15, 0.2) is 5.11 Å². The SMILES string of the molecule is O=C1NC(=S)N(c2ccc(Oc3ccccc3)cc2)C(=O)/C1=C/C(=C\c1ccco1)c1ccccc1. The maximum absolute atomic E-state index is 13.5. The fourth-order valence-corrected chi connectivity index (χ4v) is 3.98. The van der Waals surface area contributed by atoms with Gasteiger partial charge in [-0.2, -0.15) is 0 Å². The molecule has 1 fully saturated rings. The summed E-state index contributed by atoms with van der Waals surface area (Å²) in [5, 5.41) is 2.64. The molecule has 3 aromatic carbocycles. The first kappa shape index (κ1) is 23.0. The molecular formula is C29H20N2O4S. The molecule has 0 radical (unpaired) electrons. The van der Waals surface area contributed by atoms with Gasteiger partial charge in [-0.3, -0.25) is 19.8 Å². The van der Waals surface area contributed by atoms with Crippen LogP contribution in [0.25, 0.3) is 11.6 Å². The number of amides is 2. The van der Waals surface area contributed by atoms with Crippen LogP contribution in [0.2, 0.25) is 0 Å². The standard InChI is InChI=1S/C29H20N2O4S/c32-27-26(19-21(18-25-12-7-17-34-25)20-8-3-1-4-9-20)28(33)31(29(36)30-27)22-13-15-24(16-14-22)35-23-10-5-2-6-11-23/h1-19H,(H,30,32,36)/b21-18+,26-19+. The molecule has 5 rings (SSSR count). The number of nitrogens with one attached hydrogen (secondary N) is 1. The largest absolute Gasteiger partial charge is 0.465 e. The number of furan rings is 1. The third kappa shape index (κ3) is 5.01. The van der Waals surface area contributed by atoms with Crippen LogP contribution in [-0.2, 0) is 9.59 Å². The van der Waals surface area contributed by atoms with Crippen molar-refractivity contribution in [1.29, 1.82) is 0 Å². The second-order valence-corrected chi connectivity index (χ2v) is 8.23. The minimum Gasteiger partial charge on any atom is -0.465 e. The van der Waals surface area contributed by atoms with Gasteiger partial charge >= 0.3 is 0 Å². The summed E-state index contributed by atoms with van der Waals surface area (Å²) < 4.78 is 11.3. The first-order valence-corrected chi connectivity index (χ1v) is 11.5. The van der Waals surface area contributed by atoms with Gasteiger partial charge in [0.25, 0.3) is 11.8 Å². The van der Waals surface area contributed by atoms with Crippen molar-refractivity contribution in [2.75, 3.05) is 4.90 Å². The van der Waals surface area contributed by atoms with E-state index < -0.39 is 11.8 Å². The van der Waals surface area contributed by atoms with E-state index in [0.717, 1.165) is 5.56 Å². The van der Waals surface area contributed by atoms with Crippen LogP contribution in [0, 0.1) is 0 Å². The Bertz CT molecular complexity index is 1460. The summed E-state index contributed by atoms with van der Waals surface area (Å²) in [6.07, 6.45) is 4.89. The highest BCUT2D eigenvalue weighted by Crippen LogP contribution is 2.28. The van der Waals surface area contributed by atoms with Crippen LogP contribution in [-0.4, -0.2) is 16.9 Å². The smallest absolute Gasteiger partial charge is 0.270 e. The third-order valence-corrected chi connectivity index (χ3v) is 5.71. The molecule has 6 nitrogen and oxygen atoms in total. The van der Waals surface area contributed by atoms with Crippen molar-refractivity contribution in [3.8, 4) is 11.5 Å². The zero-order valence-corrected chi connectivity index (χ0v) is 19.8. The van der Waals surface area contributed by atoms with Crippen molar-refractivity contribution in [2.45, 2.75) is 0 Å². The van der Waals surface area contributed by atoms with Crippen molar-refractivity contribution in [1.82, 2.24) is 5.32 Å². The third-order valence-electron chi connectivity index (χ3n) is 5.42. The van der Waals surface area contributed by atoms with Gasteiger partial charge in [0.05, 0.1) is 12.0 Å². The summed E-state index contributed by atoms with van der Waals surface area (Å²) in [5.74, 6) is 0.807. The number of allylic oxidation sites excluding steroid dienone is 2. The lowest BCUT2D eigenvalue weighted by molar-refractivity contribution is -0.122. The quantitative estimate of drug-likeness (QED) is 0.203. The fraction of sp³-hybridized carbons (Fsp3) is 0. The molecule has 176 valence electrons. The summed E-state index contributed by atoms with van der Waals surface area (Å²) in [4.78, 5) is 27.6. The minimum atomic E-state index is -0.563. The Morgan fingerprint density at radius 1 is 0.833 bits per heavy atom. The van der Waals surface area contributed by atoms with Crippen LogP contribution in [0.5, 0.6) is 11.5 Å². The van der Waals surface area contributed by atoms with Crippen LogP contribution >= 0.6 is 12.2 Å². The lowest BCUT2D eigenvalue weighted by atomic mass is 10.00. The minimum absolute atomic E-state index is 0.00940. The van der Waals surface area contributed by atoms with E-state index in [1.54, 1.807) is 54.8 Å². The number of carbonyl (C=O) groups excluding carboxylic acids is 2. The predicted molar refractivity (Wildman–Crippen MR) is 142 cm³/mol. The Labute approximate surface area is 213 Å². The lowest BCUT2D eigenvalue weighted by Gasteiger charge is -2.29. The van der Waals surface area contributed by atoms with Gasteiger partial charge in [-0.05, 0) is 84.0 Å². The zero-order valence-electron chi connectivity index (χ0n) is 19.0. The number of rotatable bonds is 6. The fourth-order valence-electron chi connectivity index (χ4n) is 3.70. The van der Waals surface area contributed by atoms with Crippen molar-refractivity contribution in [2.24, 2.45) is 0 Å². The second kappa shape index (κ2) is 10.2. The average Bonchev–Trinajstić information content (AvgIpc) is 3.41. The topological polar surface area (TPSA) is 71.8 Å². The Kier molecular flexibility index (Phi) is 6.55. The molecule has 1 aliphatic heterocycles. The highest BCUT2D eigenvalue weighted by atomic mass is 32.1. The first-order valence-electron chi connectivity index (χ1n) is 11.1. The van der Waals surface area contributed by atoms with Crippen molar-refractivity contribution in [3.63, 3.8) is 0 Å². The number of ether oxygens (including phenoxy) is 1. The van der Waals surface area contributed by atoms with Gasteiger partial charge < -0.3 is 9.15 Å². The van der Waals surface area contributed by atoms with Crippen molar-refractivity contribution >= 4 is 46.5 Å². The second-order valence-electron chi connectivity index (χ2n) is 7.85. The predicted octanol–water partition coefficient (Wildman–Crippen LogP) is 5.99. The van der Waals surface area contributed by atoms with Crippen LogP contribution in [0.1, 0.15) is 11.3 Å². The molecule has 0 atom stereocenters. The van der Waals surface area contributed by atoms with Crippen molar-refractivity contribution < 1.29 is 18.7 Å². The maximum atomic E-state index is 13.5. The zero-order chi connectivity index (χ0) is 24.9. The molecule has 2 amide bonds. The van der Waals surface area contributed by atoms with E-state index in [1.807, 2.05) is 60.7 Å². The number of hydrogen-bond donors (Lipinski definition) is 1. The normalized spacial score (nSPS) is 15.2. The van der Waals surface area contributed by atoms with Crippen LogP contribution < -0.4 is 15.0 Å². The molecule has 1 aliphatic rings. The van der Waals surface area contributed by atoms with E-state index in [-0.39, 0.29) is 10.7 Å². The van der Waals surface area contributed by atoms with Gasteiger partial charge in [-0.1, -0.05) is 48.5 Å². The van der Waals surface area contributed by atoms with E-state index in [9.17, 15) is 9.59 Å². The number of thiocarbonyl (C=S) groups is 1. The van der Waals surface area contributed by atoms with Crippen LogP contribution in [0.4, 0.5) is 5.69 Å². The Morgan fingerprint density at radius 3 is 2.17 bits per heavy atom. The molecule has 1 saturated heterocycles. The maximum Gasteiger partial charge on any atom is 0.270 e. The number of nitrogens with zero attached hydrogens (tertiary/aromatic N) is 1. The van der Waals surface area contributed by atoms with E-state index >= 15 is 0 Å². The van der Waals surface area contributed by atoms with E-state index in [1.165, 1.54) is 4.90 Å². The number of carbonyl (C=O) groups is 2. The molecule has 36 heavy (non-hydrogen) atoms. The summed E-state index contributed by atoms with van der Waals surface area (Å²) >= 11 is 5.34. The van der Waals surface area contributed by atoms with Crippen molar-refractivity contribution in [3.05, 3.63) is 126 Å². The van der Waals surface area contributed by atoms with Gasteiger partial charge in [0.2, 0.25) is 0 Å². The summed E-state index contributed by atoms with van der Waals surface area (Å²) in [7, 11) is 0. The molecule has 0 aliphatic carbocycles. The molecule has 7 heteroatoms. The molecular weight excluding hydrogens is 472 g/mol. The average molecular weight is 493 g/mol. The molecule has 1 aromatic heterocycles. The highest BCUT2D eigenvalue weighted by Gasteiger charge is 2.34. The summed E-state index contributed by atoms with van der Waals surface area (Å²) in [5.41, 5.74) is 1.93. The number of hydrogen-bond acceptors (Lipinski definition) is 5. The summed E-state index contributed by atoms with van der Waals surface area (Å²) in [6, 6.07) is 29.3. The summed E-state index contributed by atoms with van der Waals surface area (Å²) in [6.45, 7) is 0. The molecule has 0 bridgehead atoms. The van der Waals surface area contributed by atoms with Gasteiger partial charge in [-0.15, -0.1) is 0 Å². The van der Waals surface area contributed by atoms with E-state index in [4.69, 9.17) is 21.4 Å². The molecule has 1 N–H and O–H groups in total. The van der Waals surface area contributed by atoms with Gasteiger partial charge in [-0.25, -0.2) is 0 Å². The number of anilines is 1. The molecule has 2 heterocycles. The highest BCUT2D eigenvalue weighted by molar-refractivity contribution is 7.80. The lowest BCUT2D eigenvalue weighted by Crippen LogP contribution is -2.54. The molecule has 4 aromatic rings. The Hall–Kier alpha value is -4.75. The van der Waals surface area contributed by atoms with Crippen LogP contribution in [0.15, 0.2) is 119 Å². The first-order chi connectivity index (χ1) is 17.6. The van der Waals surface area contributed by atoms with E-state index in [2.05, 4.69) is 5.32 Å². The van der Waals surface area contributed by atoms with Gasteiger partial charge in [0.1, 0.15) is 22.8 Å². The molecule has 0 unspecified atom stereocenters. The monoisotopic (exact) mass is 492 g/mol. The van der Waals surface area contributed by atoms with E-state index in [0.29, 0.717) is 28.5 Å². The van der Waals surface area contributed by atoms with Gasteiger partial charge in [0, 0.05) is 0 Å². The molecule has 0 spiro atoms. The molecule has 0 saturated carbocycles. The Morgan fingerprint density at radius 2 is 1.50 bits per heavy atom. The number of para-hydroxylation sites is 1. The number of benzene rings is 3.